The van der Waals surface area contributed by atoms with Gasteiger partial charge >= 0.3 is 0 Å². The number of para-hydroxylation sites is 1. The van der Waals surface area contributed by atoms with Gasteiger partial charge < -0.3 is 20.4 Å². The molecule has 0 spiro atoms. The molecule has 0 saturated carbocycles. The first-order valence-electron chi connectivity index (χ1n) is 11.8. The molecule has 0 radical (unpaired) electrons. The zero-order chi connectivity index (χ0) is 25.2. The van der Waals surface area contributed by atoms with Gasteiger partial charge in [-0.25, -0.2) is 4.98 Å². The normalized spacial score (nSPS) is 14.1. The molecule has 0 atom stereocenters. The molecule has 5 rings (SSSR count). The van der Waals surface area contributed by atoms with Crippen molar-refractivity contribution in [2.75, 3.05) is 48.8 Å². The maximum Gasteiger partial charge on any atom is 0.247 e. The molecule has 1 aliphatic rings. The van der Waals surface area contributed by atoms with Gasteiger partial charge in [-0.05, 0) is 55.3 Å². The summed E-state index contributed by atoms with van der Waals surface area (Å²) in [5.41, 5.74) is 4.50. The van der Waals surface area contributed by atoms with Crippen molar-refractivity contribution in [2.45, 2.75) is 6.92 Å². The van der Waals surface area contributed by atoms with E-state index in [4.69, 9.17) is 16.6 Å². The quantitative estimate of drug-likeness (QED) is 0.362. The van der Waals surface area contributed by atoms with Crippen molar-refractivity contribution < 1.29 is 4.79 Å². The first-order valence-corrected chi connectivity index (χ1v) is 12.2. The average molecular weight is 502 g/mol. The van der Waals surface area contributed by atoms with Crippen LogP contribution in [0.2, 0.25) is 5.02 Å². The number of aromatic nitrogens is 3. The van der Waals surface area contributed by atoms with Gasteiger partial charge in [0.15, 0.2) is 5.82 Å². The zero-order valence-corrected chi connectivity index (χ0v) is 21.1. The first-order chi connectivity index (χ1) is 17.4. The molecule has 184 valence electrons. The van der Waals surface area contributed by atoms with E-state index in [9.17, 15) is 4.79 Å². The number of amides is 1. The minimum Gasteiger partial charge on any atom is -0.367 e. The van der Waals surface area contributed by atoms with Gasteiger partial charge in [0.1, 0.15) is 5.02 Å². The molecule has 3 heterocycles. The highest BCUT2D eigenvalue weighted by Crippen LogP contribution is 2.34. The maximum absolute atomic E-state index is 12.2. The fourth-order valence-corrected chi connectivity index (χ4v) is 4.58. The Morgan fingerprint density at radius 2 is 1.89 bits per heavy atom. The molecule has 2 N–H and O–H groups in total. The number of rotatable bonds is 6. The molecule has 1 fully saturated rings. The van der Waals surface area contributed by atoms with Gasteiger partial charge in [-0.3, -0.25) is 9.36 Å². The molecule has 36 heavy (non-hydrogen) atoms. The van der Waals surface area contributed by atoms with Crippen molar-refractivity contribution in [2.24, 2.45) is 0 Å². The Labute approximate surface area is 215 Å². The highest BCUT2D eigenvalue weighted by molar-refractivity contribution is 6.32. The van der Waals surface area contributed by atoms with E-state index in [-0.39, 0.29) is 5.91 Å². The Balaban J connectivity index is 1.50. The lowest BCUT2D eigenvalue weighted by Gasteiger charge is -2.35. The third-order valence-electron chi connectivity index (χ3n) is 6.43. The Morgan fingerprint density at radius 3 is 2.67 bits per heavy atom. The number of carbonyl (C=O) groups is 1. The fraction of sp³-hybridized carbons (Fsp3) is 0.222. The van der Waals surface area contributed by atoms with Gasteiger partial charge in [0.2, 0.25) is 11.9 Å². The van der Waals surface area contributed by atoms with Crippen LogP contribution in [0, 0.1) is 6.92 Å². The largest absolute Gasteiger partial charge is 0.367 e. The minimum atomic E-state index is -0.260. The van der Waals surface area contributed by atoms with Gasteiger partial charge in [0, 0.05) is 38.1 Å². The van der Waals surface area contributed by atoms with Gasteiger partial charge in [-0.1, -0.05) is 36.4 Å². The summed E-state index contributed by atoms with van der Waals surface area (Å²) in [6.07, 6.45) is 4.81. The van der Waals surface area contributed by atoms with Gasteiger partial charge in [0.25, 0.3) is 0 Å². The van der Waals surface area contributed by atoms with Crippen molar-refractivity contribution in [3.63, 3.8) is 0 Å². The van der Waals surface area contributed by atoms with E-state index < -0.39 is 0 Å². The van der Waals surface area contributed by atoms with E-state index in [1.54, 1.807) is 6.20 Å². The molecule has 0 aliphatic carbocycles. The summed E-state index contributed by atoms with van der Waals surface area (Å²) < 4.78 is 1.95. The van der Waals surface area contributed by atoms with Gasteiger partial charge in [-0.15, -0.1) is 0 Å². The standard InChI is InChI=1S/C27H28ClN7O/c1-4-25(36)30-22-16-21(18(2)15-24(22)34-13-11-33(3)12-14-34)31-27-29-17-20(28)26(32-27)35-10-9-19-7-5-6-8-23(19)35/h4-10,15-17H,1,11-14H2,2-3H3,(H,30,36)(H,29,31,32). The molecule has 2 aromatic heterocycles. The predicted octanol–water partition coefficient (Wildman–Crippen LogP) is 5.00. The van der Waals surface area contributed by atoms with Crippen LogP contribution in [-0.4, -0.2) is 58.6 Å². The van der Waals surface area contributed by atoms with Crippen molar-refractivity contribution in [1.29, 1.82) is 0 Å². The Kier molecular flexibility index (Phi) is 6.63. The number of hydrogen-bond acceptors (Lipinski definition) is 6. The molecule has 1 aliphatic heterocycles. The SMILES string of the molecule is C=CC(=O)Nc1cc(Nc2ncc(Cl)c(-n3ccc4ccccc43)n2)c(C)cc1N1CCN(C)CC1. The van der Waals surface area contributed by atoms with Crippen molar-refractivity contribution in [3.8, 4) is 5.82 Å². The number of nitrogens with zero attached hydrogens (tertiary/aromatic N) is 5. The third-order valence-corrected chi connectivity index (χ3v) is 6.70. The van der Waals surface area contributed by atoms with Crippen LogP contribution in [0.25, 0.3) is 16.7 Å². The lowest BCUT2D eigenvalue weighted by atomic mass is 10.1. The van der Waals surface area contributed by atoms with Crippen LogP contribution in [0.1, 0.15) is 5.56 Å². The lowest BCUT2D eigenvalue weighted by Crippen LogP contribution is -2.44. The highest BCUT2D eigenvalue weighted by atomic mass is 35.5. The summed E-state index contributed by atoms with van der Waals surface area (Å²) in [6, 6.07) is 14.1. The number of benzene rings is 2. The number of fused-ring (bicyclic) bond motifs is 1. The molecule has 0 unspecified atom stereocenters. The smallest absolute Gasteiger partial charge is 0.247 e. The Bertz CT molecular complexity index is 1440. The van der Waals surface area contributed by atoms with E-state index in [0.29, 0.717) is 22.5 Å². The van der Waals surface area contributed by atoms with Crippen LogP contribution in [0.15, 0.2) is 67.5 Å². The first kappa shape index (κ1) is 23.8. The molecule has 9 heteroatoms. The monoisotopic (exact) mass is 501 g/mol. The van der Waals surface area contributed by atoms with Crippen LogP contribution in [-0.2, 0) is 4.79 Å². The molecule has 2 aromatic carbocycles. The number of halogens is 1. The highest BCUT2D eigenvalue weighted by Gasteiger charge is 2.20. The number of likely N-dealkylation sites (N-methyl/N-ethyl adjacent to an activating group) is 1. The predicted molar refractivity (Wildman–Crippen MR) is 147 cm³/mol. The summed E-state index contributed by atoms with van der Waals surface area (Å²) in [6.45, 7) is 9.31. The van der Waals surface area contributed by atoms with Crippen LogP contribution in [0.5, 0.6) is 0 Å². The van der Waals surface area contributed by atoms with Crippen LogP contribution < -0.4 is 15.5 Å². The van der Waals surface area contributed by atoms with E-state index >= 15 is 0 Å². The average Bonchev–Trinajstić information content (AvgIpc) is 3.31. The number of anilines is 4. The van der Waals surface area contributed by atoms with Crippen LogP contribution in [0.3, 0.4) is 0 Å². The van der Waals surface area contributed by atoms with E-state index in [2.05, 4.69) is 45.1 Å². The summed E-state index contributed by atoms with van der Waals surface area (Å²) >= 11 is 6.50. The van der Waals surface area contributed by atoms with Gasteiger partial charge in [-0.2, -0.15) is 4.98 Å². The summed E-state index contributed by atoms with van der Waals surface area (Å²) in [7, 11) is 2.12. The molecular formula is C27H28ClN7O. The molecule has 1 saturated heterocycles. The number of hydrogen-bond donors (Lipinski definition) is 2. The van der Waals surface area contributed by atoms with Crippen molar-refractivity contribution >= 4 is 51.4 Å². The van der Waals surface area contributed by atoms with E-state index in [0.717, 1.165) is 54.0 Å². The molecule has 1 amide bonds. The maximum atomic E-state index is 12.2. The molecule has 8 nitrogen and oxygen atoms in total. The summed E-state index contributed by atoms with van der Waals surface area (Å²) in [4.78, 5) is 25.9. The number of nitrogens with one attached hydrogen (secondary N) is 2. The van der Waals surface area contributed by atoms with Gasteiger partial charge in [0.05, 0.1) is 23.1 Å². The Hall–Kier alpha value is -3.88. The van der Waals surface area contributed by atoms with Crippen LogP contribution in [0.4, 0.5) is 23.0 Å². The molecular weight excluding hydrogens is 474 g/mol. The van der Waals surface area contributed by atoms with Crippen molar-refractivity contribution in [3.05, 3.63) is 78.1 Å². The molecule has 4 aromatic rings. The van der Waals surface area contributed by atoms with Crippen molar-refractivity contribution in [1.82, 2.24) is 19.4 Å². The fourth-order valence-electron chi connectivity index (χ4n) is 4.40. The second-order valence-electron chi connectivity index (χ2n) is 8.90. The lowest BCUT2D eigenvalue weighted by molar-refractivity contribution is -0.111. The number of piperazine rings is 1. The Morgan fingerprint density at radius 1 is 1.11 bits per heavy atom. The van der Waals surface area contributed by atoms with E-state index in [1.807, 2.05) is 54.1 Å². The molecule has 0 bridgehead atoms. The summed E-state index contributed by atoms with van der Waals surface area (Å²) in [5, 5.41) is 7.83. The topological polar surface area (TPSA) is 78.3 Å². The minimum absolute atomic E-state index is 0.260. The summed E-state index contributed by atoms with van der Waals surface area (Å²) in [5.74, 6) is 0.732. The number of carbonyl (C=O) groups excluding carboxylic acids is 1. The third kappa shape index (κ3) is 4.78. The number of aryl methyl sites for hydroxylation is 1. The van der Waals surface area contributed by atoms with E-state index in [1.165, 1.54) is 6.08 Å². The second kappa shape index (κ2) is 10.0. The second-order valence-corrected chi connectivity index (χ2v) is 9.31. The zero-order valence-electron chi connectivity index (χ0n) is 20.3. The van der Waals surface area contributed by atoms with Crippen LogP contribution >= 0.6 is 11.6 Å².